The van der Waals surface area contributed by atoms with Gasteiger partial charge in [0.2, 0.25) is 0 Å². The Hall–Kier alpha value is -1.75. The maximum atomic E-state index is 11.1. The molecule has 0 bridgehead atoms. The molecule has 0 aromatic heterocycles. The summed E-state index contributed by atoms with van der Waals surface area (Å²) in [5.41, 5.74) is 0.370. The van der Waals surface area contributed by atoms with Crippen molar-refractivity contribution in [2.24, 2.45) is 5.92 Å². The number of benzene rings is 1. The van der Waals surface area contributed by atoms with E-state index < -0.39 is 18.0 Å². The second-order valence-electron chi connectivity index (χ2n) is 4.11. The zero-order chi connectivity index (χ0) is 13.7. The highest BCUT2D eigenvalue weighted by Crippen LogP contribution is 2.32. The summed E-state index contributed by atoms with van der Waals surface area (Å²) < 4.78 is 4.89. The van der Waals surface area contributed by atoms with Crippen molar-refractivity contribution in [2.75, 3.05) is 7.11 Å². The molecule has 2 unspecified atom stereocenters. The number of carbonyl (C=O) groups is 1. The van der Waals surface area contributed by atoms with Crippen molar-refractivity contribution in [1.29, 1.82) is 0 Å². The average Bonchev–Trinajstić information content (AvgIpc) is 2.34. The van der Waals surface area contributed by atoms with Gasteiger partial charge in [0.05, 0.1) is 19.1 Å². The lowest BCUT2D eigenvalue weighted by molar-refractivity contribution is -0.146. The standard InChI is InChI=1S/C13H18O5/c1-3-4-9(13(16)17)12(15)8-5-6-11(18-2)10(14)7-8/h5-7,9,12,14-15H,3-4H2,1-2H3,(H,16,17). The maximum absolute atomic E-state index is 11.1. The van der Waals surface area contributed by atoms with E-state index in [-0.39, 0.29) is 11.5 Å². The van der Waals surface area contributed by atoms with Gasteiger partial charge in [-0.05, 0) is 24.1 Å². The largest absolute Gasteiger partial charge is 0.504 e. The first-order chi connectivity index (χ1) is 8.51. The lowest BCUT2D eigenvalue weighted by atomic mass is 9.92. The Morgan fingerprint density at radius 3 is 2.56 bits per heavy atom. The number of rotatable bonds is 6. The molecule has 2 atom stereocenters. The van der Waals surface area contributed by atoms with E-state index in [1.54, 1.807) is 6.07 Å². The van der Waals surface area contributed by atoms with Gasteiger partial charge in [0, 0.05) is 0 Å². The number of aliphatic hydroxyl groups is 1. The topological polar surface area (TPSA) is 87.0 Å². The zero-order valence-corrected chi connectivity index (χ0v) is 10.5. The van der Waals surface area contributed by atoms with Gasteiger partial charge in [-0.1, -0.05) is 19.4 Å². The maximum Gasteiger partial charge on any atom is 0.309 e. The molecule has 0 saturated carbocycles. The van der Waals surface area contributed by atoms with Gasteiger partial charge >= 0.3 is 5.97 Å². The quantitative estimate of drug-likeness (QED) is 0.722. The number of hydrogen-bond acceptors (Lipinski definition) is 4. The Balaban J connectivity index is 2.97. The lowest BCUT2D eigenvalue weighted by Gasteiger charge is -2.19. The third-order valence-corrected chi connectivity index (χ3v) is 2.84. The minimum absolute atomic E-state index is 0.116. The highest BCUT2D eigenvalue weighted by atomic mass is 16.5. The van der Waals surface area contributed by atoms with Crippen LogP contribution in [0.25, 0.3) is 0 Å². The summed E-state index contributed by atoms with van der Waals surface area (Å²) in [6.07, 6.45) is -0.0985. The number of phenols is 1. The number of methoxy groups -OCH3 is 1. The molecule has 0 saturated heterocycles. The molecule has 0 fully saturated rings. The smallest absolute Gasteiger partial charge is 0.309 e. The predicted molar refractivity (Wildman–Crippen MR) is 65.7 cm³/mol. The third kappa shape index (κ3) is 3.13. The zero-order valence-electron chi connectivity index (χ0n) is 10.5. The van der Waals surface area contributed by atoms with Crippen LogP contribution < -0.4 is 4.74 Å². The van der Waals surface area contributed by atoms with E-state index in [9.17, 15) is 15.0 Å². The van der Waals surface area contributed by atoms with Crippen molar-refractivity contribution in [3.8, 4) is 11.5 Å². The fourth-order valence-electron chi connectivity index (χ4n) is 1.85. The number of phenolic OH excluding ortho intramolecular Hbond substituents is 1. The number of aliphatic hydroxyl groups excluding tert-OH is 1. The Morgan fingerprint density at radius 1 is 1.44 bits per heavy atom. The van der Waals surface area contributed by atoms with Crippen LogP contribution in [0.5, 0.6) is 11.5 Å². The summed E-state index contributed by atoms with van der Waals surface area (Å²) in [5, 5.41) is 28.7. The van der Waals surface area contributed by atoms with E-state index in [1.807, 2.05) is 6.92 Å². The van der Waals surface area contributed by atoms with E-state index in [4.69, 9.17) is 9.84 Å². The fraction of sp³-hybridized carbons (Fsp3) is 0.462. The first kappa shape index (κ1) is 14.3. The molecule has 0 heterocycles. The van der Waals surface area contributed by atoms with Gasteiger partial charge in [0.1, 0.15) is 0 Å². The van der Waals surface area contributed by atoms with Crippen molar-refractivity contribution in [2.45, 2.75) is 25.9 Å². The Morgan fingerprint density at radius 2 is 2.11 bits per heavy atom. The van der Waals surface area contributed by atoms with Crippen LogP contribution in [0.2, 0.25) is 0 Å². The van der Waals surface area contributed by atoms with Gasteiger partial charge in [-0.3, -0.25) is 4.79 Å². The normalized spacial score (nSPS) is 13.9. The van der Waals surface area contributed by atoms with Crippen molar-refractivity contribution < 1.29 is 24.9 Å². The molecule has 5 nitrogen and oxygen atoms in total. The molecule has 1 aromatic rings. The number of hydrogen-bond donors (Lipinski definition) is 3. The van der Waals surface area contributed by atoms with Gasteiger partial charge < -0.3 is 20.1 Å². The molecule has 1 aromatic carbocycles. The first-order valence-electron chi connectivity index (χ1n) is 5.79. The number of aromatic hydroxyl groups is 1. The van der Waals surface area contributed by atoms with Crippen LogP contribution in [0.15, 0.2) is 18.2 Å². The SMILES string of the molecule is CCCC(C(=O)O)C(O)c1ccc(OC)c(O)c1. The predicted octanol–water partition coefficient (Wildman–Crippen LogP) is 1.94. The molecular formula is C13H18O5. The molecule has 0 radical (unpaired) electrons. The first-order valence-corrected chi connectivity index (χ1v) is 5.79. The summed E-state index contributed by atoms with van der Waals surface area (Å²) in [6.45, 7) is 1.86. The Bertz CT molecular complexity index is 416. The molecule has 0 aliphatic heterocycles. The summed E-state index contributed by atoms with van der Waals surface area (Å²) in [7, 11) is 1.42. The Kier molecular flexibility index (Phi) is 4.97. The van der Waals surface area contributed by atoms with Crippen LogP contribution in [0.3, 0.4) is 0 Å². The van der Waals surface area contributed by atoms with Gasteiger partial charge in [-0.2, -0.15) is 0 Å². The third-order valence-electron chi connectivity index (χ3n) is 2.84. The van der Waals surface area contributed by atoms with Crippen molar-refractivity contribution in [3.05, 3.63) is 23.8 Å². The minimum Gasteiger partial charge on any atom is -0.504 e. The highest BCUT2D eigenvalue weighted by Gasteiger charge is 2.27. The number of aliphatic carboxylic acids is 1. The van der Waals surface area contributed by atoms with Crippen LogP contribution in [-0.4, -0.2) is 28.4 Å². The summed E-state index contributed by atoms with van der Waals surface area (Å²) in [5.74, 6) is -1.74. The van der Waals surface area contributed by atoms with Gasteiger partial charge in [-0.15, -0.1) is 0 Å². The molecule has 0 amide bonds. The van der Waals surface area contributed by atoms with Crippen LogP contribution in [0, 0.1) is 5.92 Å². The van der Waals surface area contributed by atoms with Gasteiger partial charge in [0.25, 0.3) is 0 Å². The molecular weight excluding hydrogens is 236 g/mol. The van der Waals surface area contributed by atoms with Crippen LogP contribution in [0.1, 0.15) is 31.4 Å². The van der Waals surface area contributed by atoms with E-state index in [2.05, 4.69) is 0 Å². The number of carboxylic acids is 1. The van der Waals surface area contributed by atoms with E-state index in [0.717, 1.165) is 0 Å². The molecule has 0 aliphatic carbocycles. The van der Waals surface area contributed by atoms with Crippen LogP contribution >= 0.6 is 0 Å². The molecule has 18 heavy (non-hydrogen) atoms. The van der Waals surface area contributed by atoms with E-state index >= 15 is 0 Å². The monoisotopic (exact) mass is 254 g/mol. The Labute approximate surface area is 106 Å². The molecule has 1 rings (SSSR count). The van der Waals surface area contributed by atoms with Gasteiger partial charge in [0.15, 0.2) is 11.5 Å². The minimum atomic E-state index is -1.14. The van der Waals surface area contributed by atoms with E-state index in [1.165, 1.54) is 19.2 Å². The van der Waals surface area contributed by atoms with Crippen molar-refractivity contribution >= 4 is 5.97 Å². The number of ether oxygens (including phenoxy) is 1. The summed E-state index contributed by atoms with van der Waals surface area (Å²) >= 11 is 0. The second kappa shape index (κ2) is 6.26. The van der Waals surface area contributed by atoms with Gasteiger partial charge in [-0.25, -0.2) is 0 Å². The summed E-state index contributed by atoms with van der Waals surface area (Å²) in [6, 6.07) is 4.38. The molecule has 5 heteroatoms. The van der Waals surface area contributed by atoms with Crippen molar-refractivity contribution in [1.82, 2.24) is 0 Å². The molecule has 0 spiro atoms. The second-order valence-corrected chi connectivity index (χ2v) is 4.11. The van der Waals surface area contributed by atoms with Crippen molar-refractivity contribution in [3.63, 3.8) is 0 Å². The molecule has 100 valence electrons. The average molecular weight is 254 g/mol. The molecule has 0 aliphatic rings. The van der Waals surface area contributed by atoms with E-state index in [0.29, 0.717) is 18.4 Å². The van der Waals surface area contributed by atoms with Crippen LogP contribution in [0.4, 0.5) is 0 Å². The molecule has 3 N–H and O–H groups in total. The number of carboxylic acid groups (broad SMARTS) is 1. The fourth-order valence-corrected chi connectivity index (χ4v) is 1.85. The summed E-state index contributed by atoms with van der Waals surface area (Å²) in [4.78, 5) is 11.1. The highest BCUT2D eigenvalue weighted by molar-refractivity contribution is 5.71. The van der Waals surface area contributed by atoms with Crippen LogP contribution in [-0.2, 0) is 4.79 Å². The lowest BCUT2D eigenvalue weighted by Crippen LogP contribution is -2.21.